The van der Waals surface area contributed by atoms with Crippen LogP contribution in [0.25, 0.3) is 0 Å². The number of anilines is 2. The molecule has 108 valence electrons. The van der Waals surface area contributed by atoms with Crippen molar-refractivity contribution in [1.82, 2.24) is 4.90 Å². The molecule has 1 saturated heterocycles. The Kier molecular flexibility index (Phi) is 4.12. The Balaban J connectivity index is 2.12. The quantitative estimate of drug-likeness (QED) is 0.708. The van der Waals surface area contributed by atoms with Gasteiger partial charge in [-0.15, -0.1) is 0 Å². The molecule has 0 bridgehead atoms. The fourth-order valence-corrected chi connectivity index (χ4v) is 2.40. The predicted molar refractivity (Wildman–Crippen MR) is 78.3 cm³/mol. The molecule has 1 aliphatic rings. The minimum Gasteiger partial charge on any atom is -0.399 e. The molecule has 1 aliphatic heterocycles. The molecular formula is C14H20N4O2. The van der Waals surface area contributed by atoms with Crippen LogP contribution in [0.1, 0.15) is 30.1 Å². The first-order valence-corrected chi connectivity index (χ1v) is 6.73. The second-order valence-corrected chi connectivity index (χ2v) is 5.07. The van der Waals surface area contributed by atoms with Crippen LogP contribution in [-0.4, -0.2) is 35.8 Å². The summed E-state index contributed by atoms with van der Waals surface area (Å²) in [5.74, 6) is -0.532. The van der Waals surface area contributed by atoms with Gasteiger partial charge in [0.05, 0.1) is 5.56 Å². The Labute approximate surface area is 118 Å². The maximum Gasteiger partial charge on any atom is 0.250 e. The van der Waals surface area contributed by atoms with E-state index in [4.69, 9.17) is 11.5 Å². The fraction of sp³-hybridized carbons (Fsp3) is 0.429. The summed E-state index contributed by atoms with van der Waals surface area (Å²) in [6.45, 7) is 3.38. The number of primary amides is 1. The molecule has 0 radical (unpaired) electrons. The lowest BCUT2D eigenvalue weighted by Crippen LogP contribution is -2.40. The highest BCUT2D eigenvalue weighted by Gasteiger charge is 2.24. The maximum atomic E-state index is 12.2. The number of carbonyl (C=O) groups is 2. The first-order valence-electron chi connectivity index (χ1n) is 6.73. The number of amides is 2. The number of nitrogens with zero attached hydrogens (tertiary/aromatic N) is 1. The molecule has 0 aliphatic carbocycles. The van der Waals surface area contributed by atoms with Crippen molar-refractivity contribution in [3.05, 3.63) is 23.8 Å². The van der Waals surface area contributed by atoms with Crippen LogP contribution in [0.4, 0.5) is 11.4 Å². The summed E-state index contributed by atoms with van der Waals surface area (Å²) in [5.41, 5.74) is 12.3. The zero-order valence-electron chi connectivity index (χ0n) is 11.6. The van der Waals surface area contributed by atoms with E-state index in [1.165, 1.54) is 6.07 Å². The Bertz CT molecular complexity index is 524. The van der Waals surface area contributed by atoms with Gasteiger partial charge in [-0.25, -0.2) is 0 Å². The van der Waals surface area contributed by atoms with Gasteiger partial charge in [-0.2, -0.15) is 0 Å². The summed E-state index contributed by atoms with van der Waals surface area (Å²) in [4.78, 5) is 25.5. The van der Waals surface area contributed by atoms with Crippen molar-refractivity contribution in [3.63, 3.8) is 0 Å². The lowest BCUT2D eigenvalue weighted by atomic mass is 10.1. The number of hydrogen-bond donors (Lipinski definition) is 3. The number of nitrogens with two attached hydrogens (primary N) is 2. The highest BCUT2D eigenvalue weighted by atomic mass is 16.2. The zero-order valence-corrected chi connectivity index (χ0v) is 11.6. The summed E-state index contributed by atoms with van der Waals surface area (Å²) in [6, 6.07) is 4.44. The molecule has 0 aromatic heterocycles. The van der Waals surface area contributed by atoms with E-state index in [0.717, 1.165) is 25.9 Å². The van der Waals surface area contributed by atoms with Gasteiger partial charge < -0.3 is 21.7 Å². The highest BCUT2D eigenvalue weighted by Crippen LogP contribution is 2.20. The molecule has 1 atom stereocenters. The van der Waals surface area contributed by atoms with Crippen LogP contribution in [-0.2, 0) is 4.79 Å². The van der Waals surface area contributed by atoms with Gasteiger partial charge in [0.25, 0.3) is 5.91 Å². The summed E-state index contributed by atoms with van der Waals surface area (Å²) in [7, 11) is 0. The molecule has 0 spiro atoms. The fourth-order valence-electron chi connectivity index (χ4n) is 2.40. The standard InChI is InChI=1S/C14H20N4O2/c1-9(14(20)18-6-2-3-7-18)17-12-5-4-10(15)8-11(12)13(16)19/h4-5,8-9,17H,2-3,6-7,15H2,1H3,(H2,16,19). The Morgan fingerprint density at radius 1 is 1.30 bits per heavy atom. The average Bonchev–Trinajstić information content (AvgIpc) is 2.93. The third-order valence-corrected chi connectivity index (χ3v) is 3.47. The predicted octanol–water partition coefficient (Wildman–Crippen LogP) is 0.790. The summed E-state index contributed by atoms with van der Waals surface area (Å²) in [6.07, 6.45) is 2.10. The summed E-state index contributed by atoms with van der Waals surface area (Å²) < 4.78 is 0. The van der Waals surface area contributed by atoms with Crippen LogP contribution in [0.5, 0.6) is 0 Å². The third kappa shape index (κ3) is 3.01. The second kappa shape index (κ2) is 5.81. The van der Waals surface area contributed by atoms with Crippen molar-refractivity contribution < 1.29 is 9.59 Å². The van der Waals surface area contributed by atoms with Crippen LogP contribution in [0.15, 0.2) is 18.2 Å². The molecule has 2 amide bonds. The molecule has 0 saturated carbocycles. The molecular weight excluding hydrogens is 256 g/mol. The van der Waals surface area contributed by atoms with Gasteiger partial charge >= 0.3 is 0 Å². The first-order chi connectivity index (χ1) is 9.49. The maximum absolute atomic E-state index is 12.2. The number of nitrogen functional groups attached to an aromatic ring is 1. The van der Waals surface area contributed by atoms with Crippen LogP contribution < -0.4 is 16.8 Å². The number of likely N-dealkylation sites (tertiary alicyclic amines) is 1. The Hall–Kier alpha value is -2.24. The van der Waals surface area contributed by atoms with Gasteiger partial charge in [0, 0.05) is 24.5 Å². The lowest BCUT2D eigenvalue weighted by Gasteiger charge is -2.22. The van der Waals surface area contributed by atoms with Crippen molar-refractivity contribution in [1.29, 1.82) is 0 Å². The van der Waals surface area contributed by atoms with Crippen molar-refractivity contribution >= 4 is 23.2 Å². The van der Waals surface area contributed by atoms with Gasteiger partial charge in [-0.05, 0) is 38.0 Å². The molecule has 1 aromatic carbocycles. The molecule has 1 unspecified atom stereocenters. The molecule has 1 aromatic rings. The van der Waals surface area contributed by atoms with E-state index in [1.54, 1.807) is 19.1 Å². The monoisotopic (exact) mass is 276 g/mol. The first kappa shape index (κ1) is 14.2. The summed E-state index contributed by atoms with van der Waals surface area (Å²) in [5, 5.41) is 3.05. The molecule has 20 heavy (non-hydrogen) atoms. The van der Waals surface area contributed by atoms with Crippen LogP contribution in [0, 0.1) is 0 Å². The van der Waals surface area contributed by atoms with Crippen molar-refractivity contribution in [2.24, 2.45) is 5.73 Å². The largest absolute Gasteiger partial charge is 0.399 e. The van der Waals surface area contributed by atoms with Gasteiger partial charge in [0.1, 0.15) is 6.04 Å². The SMILES string of the molecule is CC(Nc1ccc(N)cc1C(N)=O)C(=O)N1CCCC1. The van der Waals surface area contributed by atoms with Gasteiger partial charge in [0.2, 0.25) is 5.91 Å². The van der Waals surface area contributed by atoms with Crippen LogP contribution >= 0.6 is 0 Å². The van der Waals surface area contributed by atoms with E-state index in [1.807, 2.05) is 4.90 Å². The van der Waals surface area contributed by atoms with Gasteiger partial charge in [-0.3, -0.25) is 9.59 Å². The lowest BCUT2D eigenvalue weighted by molar-refractivity contribution is -0.130. The van der Waals surface area contributed by atoms with Crippen molar-refractivity contribution in [3.8, 4) is 0 Å². The van der Waals surface area contributed by atoms with Crippen LogP contribution in [0.2, 0.25) is 0 Å². The number of hydrogen-bond acceptors (Lipinski definition) is 4. The molecule has 6 nitrogen and oxygen atoms in total. The van der Waals surface area contributed by atoms with E-state index in [2.05, 4.69) is 5.32 Å². The van der Waals surface area contributed by atoms with Gasteiger partial charge in [0.15, 0.2) is 0 Å². The third-order valence-electron chi connectivity index (χ3n) is 3.47. The number of benzene rings is 1. The van der Waals surface area contributed by atoms with E-state index in [0.29, 0.717) is 16.9 Å². The topological polar surface area (TPSA) is 101 Å². The van der Waals surface area contributed by atoms with E-state index < -0.39 is 11.9 Å². The van der Waals surface area contributed by atoms with E-state index in [-0.39, 0.29) is 5.91 Å². The molecule has 1 fully saturated rings. The number of carbonyl (C=O) groups excluding carboxylic acids is 2. The molecule has 2 rings (SSSR count). The van der Waals surface area contributed by atoms with E-state index >= 15 is 0 Å². The second-order valence-electron chi connectivity index (χ2n) is 5.07. The van der Waals surface area contributed by atoms with Crippen LogP contribution in [0.3, 0.4) is 0 Å². The van der Waals surface area contributed by atoms with Crippen molar-refractivity contribution in [2.75, 3.05) is 24.1 Å². The smallest absolute Gasteiger partial charge is 0.250 e. The minimum atomic E-state index is -0.569. The zero-order chi connectivity index (χ0) is 14.7. The Morgan fingerprint density at radius 2 is 1.95 bits per heavy atom. The minimum absolute atomic E-state index is 0.0368. The van der Waals surface area contributed by atoms with E-state index in [9.17, 15) is 9.59 Å². The average molecular weight is 276 g/mol. The summed E-state index contributed by atoms with van der Waals surface area (Å²) >= 11 is 0. The van der Waals surface area contributed by atoms with Gasteiger partial charge in [-0.1, -0.05) is 0 Å². The number of nitrogens with one attached hydrogen (secondary N) is 1. The normalized spacial score (nSPS) is 15.9. The molecule has 5 N–H and O–H groups in total. The highest BCUT2D eigenvalue weighted by molar-refractivity contribution is 6.00. The Morgan fingerprint density at radius 3 is 2.55 bits per heavy atom. The molecule has 6 heteroatoms. The number of rotatable bonds is 4. The molecule has 1 heterocycles. The van der Waals surface area contributed by atoms with Crippen molar-refractivity contribution in [2.45, 2.75) is 25.8 Å².